The van der Waals surface area contributed by atoms with Crippen LogP contribution in [0.3, 0.4) is 0 Å². The number of nitrogens with two attached hydrogens (primary N) is 1. The van der Waals surface area contributed by atoms with Crippen LogP contribution in [0.15, 0.2) is 0 Å². The Morgan fingerprint density at radius 1 is 1.57 bits per heavy atom. The van der Waals surface area contributed by atoms with E-state index >= 15 is 0 Å². The van der Waals surface area contributed by atoms with Gasteiger partial charge in [-0.25, -0.2) is 0 Å². The third-order valence-electron chi connectivity index (χ3n) is 3.84. The van der Waals surface area contributed by atoms with Gasteiger partial charge in [0.1, 0.15) is 0 Å². The number of hydrogen-bond donors (Lipinski definition) is 2. The average molecular weight is 198 g/mol. The van der Waals surface area contributed by atoms with E-state index < -0.39 is 0 Å². The largest absolute Gasteiger partial charge is 0.379 e. The maximum absolute atomic E-state index is 6.01. The van der Waals surface area contributed by atoms with Crippen molar-refractivity contribution in [3.05, 3.63) is 0 Å². The molecule has 1 saturated carbocycles. The third-order valence-corrected chi connectivity index (χ3v) is 3.84. The van der Waals surface area contributed by atoms with E-state index in [0.29, 0.717) is 0 Å². The van der Waals surface area contributed by atoms with Crippen molar-refractivity contribution in [2.24, 2.45) is 23.0 Å². The van der Waals surface area contributed by atoms with Crippen molar-refractivity contribution >= 4 is 0 Å². The minimum atomic E-state index is 0.151. The van der Waals surface area contributed by atoms with Crippen LogP contribution in [-0.4, -0.2) is 32.3 Å². The van der Waals surface area contributed by atoms with Crippen molar-refractivity contribution < 1.29 is 4.74 Å². The zero-order chi connectivity index (χ0) is 10.2. The summed E-state index contributed by atoms with van der Waals surface area (Å²) in [5.74, 6) is 1.85. The first-order valence-corrected chi connectivity index (χ1v) is 5.66. The Morgan fingerprint density at radius 3 is 2.79 bits per heavy atom. The van der Waals surface area contributed by atoms with Gasteiger partial charge in [-0.1, -0.05) is 13.8 Å². The molecule has 3 nitrogen and oxygen atoms in total. The van der Waals surface area contributed by atoms with E-state index in [0.717, 1.165) is 38.1 Å². The predicted molar refractivity (Wildman–Crippen MR) is 57.0 cm³/mol. The van der Waals surface area contributed by atoms with Crippen LogP contribution < -0.4 is 11.1 Å². The molecule has 0 amide bonds. The van der Waals surface area contributed by atoms with Gasteiger partial charge in [0.15, 0.2) is 0 Å². The summed E-state index contributed by atoms with van der Waals surface area (Å²) in [7, 11) is 0. The van der Waals surface area contributed by atoms with Gasteiger partial charge in [-0.2, -0.15) is 0 Å². The van der Waals surface area contributed by atoms with Crippen LogP contribution in [0, 0.1) is 17.3 Å². The van der Waals surface area contributed by atoms with Crippen molar-refractivity contribution in [1.82, 2.24) is 5.32 Å². The molecule has 0 aromatic heterocycles. The highest BCUT2D eigenvalue weighted by atomic mass is 16.5. The van der Waals surface area contributed by atoms with Crippen LogP contribution in [0.25, 0.3) is 0 Å². The van der Waals surface area contributed by atoms with E-state index in [1.807, 2.05) is 0 Å². The first kappa shape index (κ1) is 10.4. The molecule has 1 aliphatic heterocycles. The van der Waals surface area contributed by atoms with Crippen LogP contribution in [0.1, 0.15) is 20.3 Å². The second-order valence-corrected chi connectivity index (χ2v) is 5.38. The van der Waals surface area contributed by atoms with Crippen molar-refractivity contribution in [3.8, 4) is 0 Å². The van der Waals surface area contributed by atoms with Crippen molar-refractivity contribution in [1.29, 1.82) is 0 Å². The fourth-order valence-electron chi connectivity index (χ4n) is 2.14. The summed E-state index contributed by atoms with van der Waals surface area (Å²) in [6, 6.07) is 0.201. The van der Waals surface area contributed by atoms with Crippen LogP contribution >= 0.6 is 0 Å². The molecule has 0 aromatic rings. The lowest BCUT2D eigenvalue weighted by atomic mass is 9.86. The first-order valence-electron chi connectivity index (χ1n) is 5.66. The minimum absolute atomic E-state index is 0.151. The lowest BCUT2D eigenvalue weighted by Gasteiger charge is -2.27. The maximum atomic E-state index is 6.01. The second kappa shape index (κ2) is 3.80. The van der Waals surface area contributed by atoms with Gasteiger partial charge in [-0.15, -0.1) is 0 Å². The Bertz CT molecular complexity index is 209. The normalized spacial score (nSPS) is 46.9. The van der Waals surface area contributed by atoms with Gasteiger partial charge in [0.25, 0.3) is 0 Å². The van der Waals surface area contributed by atoms with Gasteiger partial charge in [-0.05, 0) is 24.8 Å². The first-order chi connectivity index (χ1) is 6.62. The smallest absolute Gasteiger partial charge is 0.0624 e. The Hall–Kier alpha value is -0.120. The number of ether oxygens (including phenoxy) is 1. The van der Waals surface area contributed by atoms with Gasteiger partial charge < -0.3 is 15.8 Å². The van der Waals surface area contributed by atoms with Gasteiger partial charge in [0.05, 0.1) is 13.2 Å². The molecule has 2 aliphatic rings. The molecule has 2 fully saturated rings. The molecular weight excluding hydrogens is 176 g/mol. The molecule has 2 rings (SSSR count). The van der Waals surface area contributed by atoms with E-state index in [1.165, 1.54) is 6.42 Å². The van der Waals surface area contributed by atoms with E-state index in [1.54, 1.807) is 0 Å². The van der Waals surface area contributed by atoms with Crippen LogP contribution in [0.4, 0.5) is 0 Å². The summed E-state index contributed by atoms with van der Waals surface area (Å²) in [6.07, 6.45) is 1.40. The number of rotatable bonds is 4. The molecule has 3 heteroatoms. The third kappa shape index (κ3) is 2.10. The van der Waals surface area contributed by atoms with Gasteiger partial charge in [-0.3, -0.25) is 0 Å². The van der Waals surface area contributed by atoms with E-state index in [2.05, 4.69) is 19.2 Å². The fraction of sp³-hybridized carbons (Fsp3) is 1.00. The van der Waals surface area contributed by atoms with Crippen molar-refractivity contribution in [2.45, 2.75) is 26.3 Å². The minimum Gasteiger partial charge on any atom is -0.379 e. The molecule has 4 atom stereocenters. The average Bonchev–Trinajstić information content (AvgIpc) is 2.71. The monoisotopic (exact) mass is 198 g/mol. The summed E-state index contributed by atoms with van der Waals surface area (Å²) in [6.45, 7) is 8.22. The highest BCUT2D eigenvalue weighted by Crippen LogP contribution is 2.37. The molecule has 14 heavy (non-hydrogen) atoms. The zero-order valence-electron chi connectivity index (χ0n) is 9.25. The van der Waals surface area contributed by atoms with Crippen molar-refractivity contribution in [2.75, 3.05) is 26.3 Å². The molecule has 82 valence electrons. The Labute approximate surface area is 86.4 Å². The molecular formula is C11H22N2O. The summed E-state index contributed by atoms with van der Waals surface area (Å²) < 4.78 is 5.40. The lowest BCUT2D eigenvalue weighted by molar-refractivity contribution is 0.158. The highest BCUT2D eigenvalue weighted by molar-refractivity contribution is 4.92. The molecule has 0 spiro atoms. The Kier molecular flexibility index (Phi) is 2.82. The topological polar surface area (TPSA) is 47.3 Å². The number of hydrogen-bond acceptors (Lipinski definition) is 3. The maximum Gasteiger partial charge on any atom is 0.0624 e. The van der Waals surface area contributed by atoms with Gasteiger partial charge in [0.2, 0.25) is 0 Å². The molecule has 0 bridgehead atoms. The van der Waals surface area contributed by atoms with Crippen LogP contribution in [0.5, 0.6) is 0 Å². The standard InChI is InChI=1S/C11H22N2O/c1-8-3-9(8)4-13-6-11(2)7-14-5-10(11)12/h8-10,13H,3-7,12H2,1-2H3. The Balaban J connectivity index is 1.68. The van der Waals surface area contributed by atoms with Gasteiger partial charge in [0, 0.05) is 18.0 Å². The van der Waals surface area contributed by atoms with E-state index in [9.17, 15) is 0 Å². The van der Waals surface area contributed by atoms with Crippen molar-refractivity contribution in [3.63, 3.8) is 0 Å². The molecule has 0 radical (unpaired) electrons. The summed E-state index contributed by atoms with van der Waals surface area (Å²) in [4.78, 5) is 0. The molecule has 0 aromatic carbocycles. The summed E-state index contributed by atoms with van der Waals surface area (Å²) >= 11 is 0. The zero-order valence-corrected chi connectivity index (χ0v) is 9.25. The van der Waals surface area contributed by atoms with Crippen LogP contribution in [0.2, 0.25) is 0 Å². The molecule has 3 N–H and O–H groups in total. The summed E-state index contributed by atoms with van der Waals surface area (Å²) in [5.41, 5.74) is 6.16. The molecule has 1 saturated heterocycles. The quantitative estimate of drug-likeness (QED) is 0.695. The van der Waals surface area contributed by atoms with Crippen LogP contribution in [-0.2, 0) is 4.74 Å². The number of nitrogens with one attached hydrogen (secondary N) is 1. The SMILES string of the molecule is CC1CC1CNCC1(C)COCC1N. The fourth-order valence-corrected chi connectivity index (χ4v) is 2.14. The highest BCUT2D eigenvalue weighted by Gasteiger charge is 2.38. The molecule has 4 unspecified atom stereocenters. The van der Waals surface area contributed by atoms with Gasteiger partial charge >= 0.3 is 0 Å². The van der Waals surface area contributed by atoms with E-state index in [-0.39, 0.29) is 11.5 Å². The second-order valence-electron chi connectivity index (χ2n) is 5.38. The lowest BCUT2D eigenvalue weighted by Crippen LogP contribution is -2.45. The Morgan fingerprint density at radius 2 is 2.29 bits per heavy atom. The summed E-state index contributed by atoms with van der Waals surface area (Å²) in [5, 5.41) is 3.53. The predicted octanol–water partition coefficient (Wildman–Crippen LogP) is 0.596. The molecule has 1 aliphatic carbocycles. The van der Waals surface area contributed by atoms with E-state index in [4.69, 9.17) is 10.5 Å². The molecule has 1 heterocycles.